The Morgan fingerprint density at radius 3 is 1.40 bits per heavy atom. The summed E-state index contributed by atoms with van der Waals surface area (Å²) in [5.74, 6) is 1.93. The number of benzene rings is 7. The lowest BCUT2D eigenvalue weighted by molar-refractivity contribution is 1.07. The molecule has 0 atom stereocenters. The molecule has 50 heavy (non-hydrogen) atoms. The largest absolute Gasteiger partial charge is 0.355 e. The van der Waals surface area contributed by atoms with Crippen molar-refractivity contribution in [2.75, 3.05) is 5.32 Å². The van der Waals surface area contributed by atoms with Crippen LogP contribution in [0.3, 0.4) is 0 Å². The number of fused-ring (bicyclic) bond motifs is 8. The van der Waals surface area contributed by atoms with Gasteiger partial charge in [0.25, 0.3) is 0 Å². The van der Waals surface area contributed by atoms with Gasteiger partial charge in [0.1, 0.15) is 0 Å². The first kappa shape index (κ1) is 28.2. The summed E-state index contributed by atoms with van der Waals surface area (Å²) in [6.07, 6.45) is 0. The quantitative estimate of drug-likeness (QED) is 0.208. The molecule has 1 aliphatic heterocycles. The third-order valence-electron chi connectivity index (χ3n) is 9.60. The molecule has 234 valence electrons. The SMILES string of the molecule is c1ccc(-c2nc(-c3ccccc3)nc(-c3ccc4c(c3)-c3ccccc3-c3cc(-n5c6ccccc6c6ccccc65)ccc3N4)n2)cc1. The van der Waals surface area contributed by atoms with Gasteiger partial charge in [0.2, 0.25) is 0 Å². The maximum atomic E-state index is 5.01. The van der Waals surface area contributed by atoms with Crippen molar-refractivity contribution in [3.05, 3.63) is 170 Å². The fourth-order valence-electron chi connectivity index (χ4n) is 7.25. The normalized spacial score (nSPS) is 11.8. The van der Waals surface area contributed by atoms with Crippen molar-refractivity contribution in [3.8, 4) is 62.1 Å². The predicted molar refractivity (Wildman–Crippen MR) is 205 cm³/mol. The van der Waals surface area contributed by atoms with Gasteiger partial charge in [-0.3, -0.25) is 0 Å². The number of para-hydroxylation sites is 2. The van der Waals surface area contributed by atoms with Crippen molar-refractivity contribution in [1.82, 2.24) is 19.5 Å². The zero-order valence-corrected chi connectivity index (χ0v) is 27.0. The number of hydrogen-bond donors (Lipinski definition) is 1. The zero-order chi connectivity index (χ0) is 33.0. The van der Waals surface area contributed by atoms with Crippen LogP contribution in [0.25, 0.3) is 83.9 Å². The molecule has 0 bridgehead atoms. The van der Waals surface area contributed by atoms with E-state index in [1.165, 1.54) is 27.4 Å². The molecule has 9 aromatic rings. The molecule has 0 saturated heterocycles. The Labute approximate surface area is 289 Å². The summed E-state index contributed by atoms with van der Waals surface area (Å²) >= 11 is 0. The molecular weight excluding hydrogens is 611 g/mol. The first-order chi connectivity index (χ1) is 24.8. The summed E-state index contributed by atoms with van der Waals surface area (Å²) in [5.41, 5.74) is 13.0. The van der Waals surface area contributed by atoms with Gasteiger partial charge >= 0.3 is 0 Å². The molecule has 7 aromatic carbocycles. The van der Waals surface area contributed by atoms with Gasteiger partial charge < -0.3 is 9.88 Å². The molecule has 2 aromatic heterocycles. The molecule has 0 aliphatic carbocycles. The highest BCUT2D eigenvalue weighted by Crippen LogP contribution is 2.46. The average molecular weight is 640 g/mol. The van der Waals surface area contributed by atoms with E-state index in [4.69, 9.17) is 15.0 Å². The number of rotatable bonds is 4. The molecule has 0 amide bonds. The Kier molecular flexibility index (Phi) is 6.42. The second kappa shape index (κ2) is 11.4. The van der Waals surface area contributed by atoms with E-state index in [9.17, 15) is 0 Å². The lowest BCUT2D eigenvalue weighted by Gasteiger charge is -2.14. The highest BCUT2D eigenvalue weighted by Gasteiger charge is 2.22. The lowest BCUT2D eigenvalue weighted by Crippen LogP contribution is -2.00. The van der Waals surface area contributed by atoms with Crippen LogP contribution in [-0.2, 0) is 0 Å². The van der Waals surface area contributed by atoms with E-state index < -0.39 is 0 Å². The Hall–Kier alpha value is -6.85. The molecule has 3 heterocycles. The van der Waals surface area contributed by atoms with Crippen molar-refractivity contribution >= 4 is 33.2 Å². The molecule has 1 aliphatic rings. The van der Waals surface area contributed by atoms with Gasteiger partial charge in [-0.05, 0) is 59.7 Å². The molecule has 5 heteroatoms. The number of nitrogens with one attached hydrogen (secondary N) is 1. The van der Waals surface area contributed by atoms with Gasteiger partial charge in [-0.15, -0.1) is 0 Å². The Morgan fingerprint density at radius 2 is 0.820 bits per heavy atom. The molecule has 0 radical (unpaired) electrons. The van der Waals surface area contributed by atoms with Crippen molar-refractivity contribution in [1.29, 1.82) is 0 Å². The van der Waals surface area contributed by atoms with E-state index in [1.807, 2.05) is 60.7 Å². The molecule has 0 saturated carbocycles. The highest BCUT2D eigenvalue weighted by molar-refractivity contribution is 6.09. The summed E-state index contributed by atoms with van der Waals surface area (Å²) in [5, 5.41) is 6.29. The fraction of sp³-hybridized carbons (Fsp3) is 0. The summed E-state index contributed by atoms with van der Waals surface area (Å²) in [6, 6.07) is 59.3. The van der Waals surface area contributed by atoms with Gasteiger partial charge in [0.15, 0.2) is 17.5 Å². The van der Waals surface area contributed by atoms with E-state index in [0.717, 1.165) is 50.4 Å². The van der Waals surface area contributed by atoms with Crippen molar-refractivity contribution in [2.45, 2.75) is 0 Å². The molecule has 0 spiro atoms. The van der Waals surface area contributed by atoms with Crippen LogP contribution in [0.1, 0.15) is 0 Å². The van der Waals surface area contributed by atoms with Crippen molar-refractivity contribution in [2.24, 2.45) is 0 Å². The topological polar surface area (TPSA) is 55.6 Å². The molecule has 0 fully saturated rings. The predicted octanol–water partition coefficient (Wildman–Crippen LogP) is 11.4. The molecule has 1 N–H and O–H groups in total. The second-order valence-corrected chi connectivity index (χ2v) is 12.6. The number of anilines is 2. The molecular formula is C45H29N5. The van der Waals surface area contributed by atoms with Crippen LogP contribution in [-0.4, -0.2) is 19.5 Å². The maximum Gasteiger partial charge on any atom is 0.164 e. The Morgan fingerprint density at radius 1 is 0.360 bits per heavy atom. The lowest BCUT2D eigenvalue weighted by atomic mass is 9.93. The van der Waals surface area contributed by atoms with E-state index in [1.54, 1.807) is 0 Å². The molecule has 0 unspecified atom stereocenters. The van der Waals surface area contributed by atoms with E-state index in [0.29, 0.717) is 17.5 Å². The van der Waals surface area contributed by atoms with E-state index in [2.05, 4.69) is 119 Å². The minimum Gasteiger partial charge on any atom is -0.355 e. The zero-order valence-electron chi connectivity index (χ0n) is 27.0. The smallest absolute Gasteiger partial charge is 0.164 e. The van der Waals surface area contributed by atoms with Crippen LogP contribution in [0.2, 0.25) is 0 Å². The van der Waals surface area contributed by atoms with E-state index in [-0.39, 0.29) is 0 Å². The first-order valence-electron chi connectivity index (χ1n) is 16.8. The van der Waals surface area contributed by atoms with Crippen molar-refractivity contribution in [3.63, 3.8) is 0 Å². The third kappa shape index (κ3) is 4.60. The fourth-order valence-corrected chi connectivity index (χ4v) is 7.25. The van der Waals surface area contributed by atoms with Gasteiger partial charge in [0, 0.05) is 55.7 Å². The number of hydrogen-bond acceptors (Lipinski definition) is 4. The minimum absolute atomic E-state index is 0.633. The van der Waals surface area contributed by atoms with Crippen LogP contribution in [0, 0.1) is 0 Å². The molecule has 5 nitrogen and oxygen atoms in total. The second-order valence-electron chi connectivity index (χ2n) is 12.6. The monoisotopic (exact) mass is 639 g/mol. The molecule has 10 rings (SSSR count). The minimum atomic E-state index is 0.633. The van der Waals surface area contributed by atoms with E-state index >= 15 is 0 Å². The first-order valence-corrected chi connectivity index (χ1v) is 16.8. The van der Waals surface area contributed by atoms with Crippen LogP contribution in [0.4, 0.5) is 11.4 Å². The number of aromatic nitrogens is 4. The third-order valence-corrected chi connectivity index (χ3v) is 9.60. The van der Waals surface area contributed by atoms with Gasteiger partial charge in [0.05, 0.1) is 11.0 Å². The average Bonchev–Trinajstić information content (AvgIpc) is 3.46. The number of nitrogens with zero attached hydrogens (tertiary/aromatic N) is 4. The van der Waals surface area contributed by atoms with Crippen molar-refractivity contribution < 1.29 is 0 Å². The standard InChI is InChI=1S/C45H29N5/c1-3-13-29(14-4-1)43-47-44(30-15-5-2-6-16-30)49-45(48-43)31-23-25-39-37(27-31)33-17-7-8-18-34(33)38-28-32(24-26-40(38)46-39)50-41-21-11-9-19-35(41)36-20-10-12-22-42(36)50/h1-28,46H. The summed E-state index contributed by atoms with van der Waals surface area (Å²) in [4.78, 5) is 14.9. The van der Waals surface area contributed by atoms with Crippen LogP contribution < -0.4 is 5.32 Å². The van der Waals surface area contributed by atoms with Crippen LogP contribution in [0.5, 0.6) is 0 Å². The van der Waals surface area contributed by atoms with Crippen LogP contribution in [0.15, 0.2) is 170 Å². The maximum absolute atomic E-state index is 5.01. The summed E-state index contributed by atoms with van der Waals surface area (Å²) < 4.78 is 2.37. The van der Waals surface area contributed by atoms with Gasteiger partial charge in [-0.25, -0.2) is 15.0 Å². The highest BCUT2D eigenvalue weighted by atomic mass is 15.0. The van der Waals surface area contributed by atoms with Crippen LogP contribution >= 0.6 is 0 Å². The Balaban J connectivity index is 1.13. The summed E-state index contributed by atoms with van der Waals surface area (Å²) in [7, 11) is 0. The summed E-state index contributed by atoms with van der Waals surface area (Å²) in [6.45, 7) is 0. The van der Waals surface area contributed by atoms with Gasteiger partial charge in [-0.1, -0.05) is 121 Å². The Bertz CT molecular complexity index is 2620. The van der Waals surface area contributed by atoms with Gasteiger partial charge in [-0.2, -0.15) is 0 Å².